The number of nitriles is 1. The van der Waals surface area contributed by atoms with Crippen molar-refractivity contribution in [1.29, 1.82) is 5.26 Å². The third-order valence-electron chi connectivity index (χ3n) is 7.81. The zero-order chi connectivity index (χ0) is 27.5. The Kier molecular flexibility index (Phi) is 5.73. The lowest BCUT2D eigenvalue weighted by molar-refractivity contribution is 0.0508. The van der Waals surface area contributed by atoms with E-state index in [1.807, 2.05) is 16.7 Å². The molecular formula is C28H26FN7O3. The number of tetrazole rings is 1. The van der Waals surface area contributed by atoms with Crippen LogP contribution in [0.5, 0.6) is 5.75 Å². The number of hydrogen-bond acceptors (Lipinski definition) is 7. The first-order valence-corrected chi connectivity index (χ1v) is 12.6. The van der Waals surface area contributed by atoms with Gasteiger partial charge in [-0.3, -0.25) is 4.79 Å². The maximum atomic E-state index is 14.0. The van der Waals surface area contributed by atoms with Crippen LogP contribution in [0.25, 0.3) is 33.8 Å². The molecule has 10 nitrogen and oxygen atoms in total. The highest BCUT2D eigenvalue weighted by Gasteiger charge is 2.48. The minimum absolute atomic E-state index is 0.271. The standard InChI is InChI=1S/C28H26FN7O3/c1-28(15-30)24(37)9-11-36(28)27(38)22-14-20(16-4-6-18(29)7-5-16)25-19-13-21(26-31-33-34(2)32-26)23(39-3)12-17(19)8-10-35(22)25/h4-7,12-14,24,37H,8-11H2,1-3H3/t24-,28+/m0/s1. The molecule has 11 heteroatoms. The number of ether oxygens (including phenoxy) is 1. The Bertz CT molecular complexity index is 1650. The highest BCUT2D eigenvalue weighted by molar-refractivity contribution is 5.99. The molecule has 0 bridgehead atoms. The van der Waals surface area contributed by atoms with E-state index in [9.17, 15) is 19.6 Å². The van der Waals surface area contributed by atoms with Crippen molar-refractivity contribution in [2.75, 3.05) is 13.7 Å². The number of hydrogen-bond donors (Lipinski definition) is 1. The first kappa shape index (κ1) is 24.8. The van der Waals surface area contributed by atoms with Crippen molar-refractivity contribution in [2.45, 2.75) is 38.0 Å². The average molecular weight is 528 g/mol. The van der Waals surface area contributed by atoms with E-state index in [-0.39, 0.29) is 18.3 Å². The molecule has 2 atom stereocenters. The fraction of sp³-hybridized carbons (Fsp3) is 0.321. The van der Waals surface area contributed by atoms with Gasteiger partial charge in [0.2, 0.25) is 5.82 Å². The predicted molar refractivity (Wildman–Crippen MR) is 139 cm³/mol. The summed E-state index contributed by atoms with van der Waals surface area (Å²) in [4.78, 5) is 16.8. The molecule has 4 heterocycles. The second kappa shape index (κ2) is 9.03. The van der Waals surface area contributed by atoms with Crippen molar-refractivity contribution < 1.29 is 19.0 Å². The van der Waals surface area contributed by atoms with E-state index in [0.717, 1.165) is 27.9 Å². The number of methoxy groups -OCH3 is 1. The monoisotopic (exact) mass is 527 g/mol. The Morgan fingerprint density at radius 1 is 1.18 bits per heavy atom. The third-order valence-corrected chi connectivity index (χ3v) is 7.81. The van der Waals surface area contributed by atoms with Crippen LogP contribution in [0.3, 0.4) is 0 Å². The maximum Gasteiger partial charge on any atom is 0.271 e. The molecule has 2 aliphatic rings. The lowest BCUT2D eigenvalue weighted by atomic mass is 9.91. The number of amides is 1. The number of rotatable bonds is 4. The van der Waals surface area contributed by atoms with Crippen molar-refractivity contribution in [1.82, 2.24) is 29.7 Å². The molecule has 198 valence electrons. The van der Waals surface area contributed by atoms with Gasteiger partial charge in [-0.25, -0.2) is 4.39 Å². The van der Waals surface area contributed by atoms with Crippen LogP contribution in [-0.2, 0) is 20.0 Å². The van der Waals surface area contributed by atoms with Gasteiger partial charge in [0.25, 0.3) is 5.91 Å². The van der Waals surface area contributed by atoms with Gasteiger partial charge in [0, 0.05) is 24.2 Å². The van der Waals surface area contributed by atoms with Gasteiger partial charge in [0.05, 0.1) is 37.6 Å². The normalized spacial score (nSPS) is 19.9. The second-order valence-electron chi connectivity index (χ2n) is 10.0. The van der Waals surface area contributed by atoms with E-state index in [2.05, 4.69) is 21.5 Å². The molecule has 4 aromatic rings. The summed E-state index contributed by atoms with van der Waals surface area (Å²) >= 11 is 0. The molecule has 1 saturated heterocycles. The van der Waals surface area contributed by atoms with Crippen molar-refractivity contribution in [3.63, 3.8) is 0 Å². The molecule has 1 N–H and O–H groups in total. The fourth-order valence-corrected chi connectivity index (χ4v) is 5.65. The Hall–Kier alpha value is -4.56. The van der Waals surface area contributed by atoms with Gasteiger partial charge in [-0.15, -0.1) is 10.2 Å². The summed E-state index contributed by atoms with van der Waals surface area (Å²) in [5, 5.41) is 32.8. The Balaban J connectivity index is 1.57. The Labute approximate surface area is 223 Å². The molecule has 0 saturated carbocycles. The summed E-state index contributed by atoms with van der Waals surface area (Å²) in [6.07, 6.45) is 0.0164. The highest BCUT2D eigenvalue weighted by atomic mass is 19.1. The summed E-state index contributed by atoms with van der Waals surface area (Å²) in [6.45, 7) is 2.37. The number of benzene rings is 2. The number of aliphatic hydroxyl groups is 1. The minimum atomic E-state index is -1.33. The number of aromatic nitrogens is 5. The Morgan fingerprint density at radius 2 is 1.95 bits per heavy atom. The van der Waals surface area contributed by atoms with Crippen LogP contribution in [0.1, 0.15) is 29.4 Å². The predicted octanol–water partition coefficient (Wildman–Crippen LogP) is 3.21. The van der Waals surface area contributed by atoms with Gasteiger partial charge in [0.1, 0.15) is 17.3 Å². The van der Waals surface area contributed by atoms with E-state index >= 15 is 0 Å². The molecule has 0 radical (unpaired) electrons. The van der Waals surface area contributed by atoms with Crippen LogP contribution in [0.15, 0.2) is 42.5 Å². The summed E-state index contributed by atoms with van der Waals surface area (Å²) in [6, 6.07) is 14.0. The van der Waals surface area contributed by atoms with Gasteiger partial charge in [-0.1, -0.05) is 12.1 Å². The first-order valence-electron chi connectivity index (χ1n) is 12.6. The van der Waals surface area contributed by atoms with Gasteiger partial charge in [-0.05, 0) is 66.4 Å². The minimum Gasteiger partial charge on any atom is -0.496 e. The zero-order valence-electron chi connectivity index (χ0n) is 21.7. The quantitative estimate of drug-likeness (QED) is 0.432. The molecule has 2 aromatic heterocycles. The number of likely N-dealkylation sites (tertiary alicyclic amines) is 1. The molecule has 2 aromatic carbocycles. The van der Waals surface area contributed by atoms with Crippen molar-refractivity contribution in [3.05, 3.63) is 59.5 Å². The summed E-state index contributed by atoms with van der Waals surface area (Å²) in [7, 11) is 3.27. The molecule has 1 fully saturated rings. The maximum absolute atomic E-state index is 14.0. The molecule has 0 spiro atoms. The number of aliphatic hydroxyl groups excluding tert-OH is 1. The number of halogens is 1. The fourth-order valence-electron chi connectivity index (χ4n) is 5.65. The number of carbonyl (C=O) groups is 1. The molecule has 1 amide bonds. The van der Waals surface area contributed by atoms with Gasteiger partial charge >= 0.3 is 0 Å². The number of nitrogens with zero attached hydrogens (tertiary/aromatic N) is 7. The van der Waals surface area contributed by atoms with Crippen LogP contribution in [0.2, 0.25) is 0 Å². The van der Waals surface area contributed by atoms with Crippen molar-refractivity contribution in [3.8, 4) is 45.6 Å². The highest BCUT2D eigenvalue weighted by Crippen LogP contribution is 2.44. The first-order chi connectivity index (χ1) is 18.7. The number of fused-ring (bicyclic) bond motifs is 3. The molecule has 6 rings (SSSR count). The number of carbonyl (C=O) groups excluding carboxylic acids is 1. The van der Waals surface area contributed by atoms with Crippen LogP contribution < -0.4 is 4.74 Å². The Morgan fingerprint density at radius 3 is 2.62 bits per heavy atom. The second-order valence-corrected chi connectivity index (χ2v) is 10.0. The summed E-state index contributed by atoms with van der Waals surface area (Å²) < 4.78 is 21.5. The van der Waals surface area contributed by atoms with Crippen LogP contribution in [-0.4, -0.2) is 66.0 Å². The molecule has 0 unspecified atom stereocenters. The van der Waals surface area contributed by atoms with E-state index in [4.69, 9.17) is 4.74 Å². The molecular weight excluding hydrogens is 501 g/mol. The SMILES string of the molecule is COc1cc2c(cc1-c1nnn(C)n1)-c1c(-c3ccc(F)cc3)cc(C(=O)N3CC[C@H](O)[C@@]3(C)C#N)n1CC2. The number of aryl methyl sites for hydroxylation is 2. The van der Waals surface area contributed by atoms with E-state index in [0.29, 0.717) is 42.2 Å². The van der Waals surface area contributed by atoms with E-state index < -0.39 is 11.6 Å². The van der Waals surface area contributed by atoms with Crippen molar-refractivity contribution >= 4 is 5.91 Å². The lowest BCUT2D eigenvalue weighted by Gasteiger charge is -2.31. The van der Waals surface area contributed by atoms with Crippen LogP contribution >= 0.6 is 0 Å². The third kappa shape index (κ3) is 3.79. The molecule has 0 aliphatic carbocycles. The lowest BCUT2D eigenvalue weighted by Crippen LogP contribution is -2.49. The van der Waals surface area contributed by atoms with Gasteiger partial charge in [-0.2, -0.15) is 10.1 Å². The van der Waals surface area contributed by atoms with Crippen molar-refractivity contribution in [2.24, 2.45) is 7.05 Å². The smallest absolute Gasteiger partial charge is 0.271 e. The summed E-state index contributed by atoms with van der Waals surface area (Å²) in [5.41, 5.74) is 3.89. The zero-order valence-corrected chi connectivity index (χ0v) is 21.7. The topological polar surface area (TPSA) is 122 Å². The largest absolute Gasteiger partial charge is 0.496 e. The van der Waals surface area contributed by atoms with Crippen LogP contribution in [0, 0.1) is 17.1 Å². The van der Waals surface area contributed by atoms with Gasteiger partial charge < -0.3 is 19.3 Å². The molecule has 39 heavy (non-hydrogen) atoms. The molecule has 2 aliphatic heterocycles. The van der Waals surface area contributed by atoms with Gasteiger partial charge in [0.15, 0.2) is 5.54 Å². The van der Waals surface area contributed by atoms with E-state index in [1.54, 1.807) is 39.3 Å². The summed E-state index contributed by atoms with van der Waals surface area (Å²) in [5.74, 6) is 0.312. The van der Waals surface area contributed by atoms with Crippen LogP contribution in [0.4, 0.5) is 4.39 Å². The van der Waals surface area contributed by atoms with E-state index in [1.165, 1.54) is 21.8 Å². The average Bonchev–Trinajstić information content (AvgIpc) is 3.64.